The van der Waals surface area contributed by atoms with E-state index in [0.717, 1.165) is 6.54 Å². The average Bonchev–Trinajstić information content (AvgIpc) is 2.85. The van der Waals surface area contributed by atoms with Gasteiger partial charge in [-0.1, -0.05) is 34.1 Å². The topological polar surface area (TPSA) is 15.3 Å². The van der Waals surface area contributed by atoms with Gasteiger partial charge < -0.3 is 10.2 Å². The van der Waals surface area contributed by atoms with Crippen LogP contribution in [-0.2, 0) is 0 Å². The van der Waals surface area contributed by atoms with E-state index in [9.17, 15) is 0 Å². The van der Waals surface area contributed by atoms with Crippen molar-refractivity contribution in [2.75, 3.05) is 26.2 Å². The molecule has 0 aromatic heterocycles. The molecule has 3 rings (SSSR count). The first kappa shape index (κ1) is 14.6. The maximum atomic E-state index is 3.76. The second kappa shape index (κ2) is 5.78. The molecule has 0 radical (unpaired) electrons. The molecule has 2 atom stereocenters. The van der Waals surface area contributed by atoms with E-state index in [1.54, 1.807) is 0 Å². The Bertz CT molecular complexity index is 474. The van der Waals surface area contributed by atoms with E-state index < -0.39 is 0 Å². The standard InChI is InChI=1S/C17H25BrN2/c1-13(2)20-10-8-17(12-20)7-9-19-11-15(17)14-5-3-4-6-16(14)18/h3-6,13,15,19H,7-12H2,1-2H3. The van der Waals surface area contributed by atoms with Gasteiger partial charge in [-0.15, -0.1) is 0 Å². The third kappa shape index (κ3) is 2.56. The predicted molar refractivity (Wildman–Crippen MR) is 88.1 cm³/mol. The van der Waals surface area contributed by atoms with E-state index >= 15 is 0 Å². The highest BCUT2D eigenvalue weighted by molar-refractivity contribution is 9.10. The number of hydrogen-bond acceptors (Lipinski definition) is 2. The summed E-state index contributed by atoms with van der Waals surface area (Å²) in [5.74, 6) is 0.635. The summed E-state index contributed by atoms with van der Waals surface area (Å²) in [6, 6.07) is 9.46. The number of halogens is 1. The number of piperidine rings is 1. The van der Waals surface area contributed by atoms with Crippen molar-refractivity contribution in [1.82, 2.24) is 10.2 Å². The van der Waals surface area contributed by atoms with Crippen LogP contribution in [0.5, 0.6) is 0 Å². The van der Waals surface area contributed by atoms with Crippen LogP contribution in [0.15, 0.2) is 28.7 Å². The fourth-order valence-corrected chi connectivity index (χ4v) is 4.59. The molecule has 0 aliphatic carbocycles. The zero-order chi connectivity index (χ0) is 14.2. The first-order valence-electron chi connectivity index (χ1n) is 7.82. The minimum Gasteiger partial charge on any atom is -0.316 e. The molecule has 1 spiro atoms. The van der Waals surface area contributed by atoms with Crippen LogP contribution in [0.4, 0.5) is 0 Å². The second-order valence-corrected chi connectivity index (χ2v) is 7.56. The minimum absolute atomic E-state index is 0.472. The van der Waals surface area contributed by atoms with Crippen LogP contribution in [0.2, 0.25) is 0 Å². The Balaban J connectivity index is 1.91. The van der Waals surface area contributed by atoms with Gasteiger partial charge in [0, 0.05) is 29.5 Å². The molecule has 110 valence electrons. The van der Waals surface area contributed by atoms with E-state index in [-0.39, 0.29) is 0 Å². The molecule has 1 aromatic rings. The lowest BCUT2D eigenvalue weighted by Crippen LogP contribution is -2.46. The third-order valence-corrected chi connectivity index (χ3v) is 6.04. The summed E-state index contributed by atoms with van der Waals surface area (Å²) in [6.45, 7) is 9.47. The summed E-state index contributed by atoms with van der Waals surface area (Å²) in [7, 11) is 0. The highest BCUT2D eigenvalue weighted by Crippen LogP contribution is 2.49. The lowest BCUT2D eigenvalue weighted by atomic mass is 9.67. The highest BCUT2D eigenvalue weighted by Gasteiger charge is 2.46. The van der Waals surface area contributed by atoms with Crippen molar-refractivity contribution in [2.24, 2.45) is 5.41 Å². The van der Waals surface area contributed by atoms with Gasteiger partial charge in [0.2, 0.25) is 0 Å². The molecule has 2 aliphatic rings. The largest absolute Gasteiger partial charge is 0.316 e. The maximum absolute atomic E-state index is 3.76. The van der Waals surface area contributed by atoms with Gasteiger partial charge in [0.15, 0.2) is 0 Å². The lowest BCUT2D eigenvalue weighted by molar-refractivity contribution is 0.151. The molecule has 1 aromatic carbocycles. The van der Waals surface area contributed by atoms with Crippen LogP contribution in [0.3, 0.4) is 0 Å². The number of rotatable bonds is 2. The summed E-state index contributed by atoms with van der Waals surface area (Å²) in [5.41, 5.74) is 1.96. The predicted octanol–water partition coefficient (Wildman–Crippen LogP) is 3.63. The first-order valence-corrected chi connectivity index (χ1v) is 8.61. The molecule has 0 saturated carbocycles. The smallest absolute Gasteiger partial charge is 0.0210 e. The molecule has 20 heavy (non-hydrogen) atoms. The van der Waals surface area contributed by atoms with Crippen molar-refractivity contribution in [3.05, 3.63) is 34.3 Å². The summed E-state index contributed by atoms with van der Waals surface area (Å²) in [6.07, 6.45) is 2.65. The Labute approximate surface area is 131 Å². The number of nitrogens with zero attached hydrogens (tertiary/aromatic N) is 1. The van der Waals surface area contributed by atoms with Gasteiger partial charge in [-0.3, -0.25) is 0 Å². The Hall–Kier alpha value is -0.380. The van der Waals surface area contributed by atoms with Crippen LogP contribution < -0.4 is 5.32 Å². The Morgan fingerprint density at radius 2 is 2.10 bits per heavy atom. The van der Waals surface area contributed by atoms with Crippen LogP contribution in [0, 0.1) is 5.41 Å². The maximum Gasteiger partial charge on any atom is 0.0210 e. The molecule has 2 nitrogen and oxygen atoms in total. The molecule has 2 heterocycles. The molecule has 0 amide bonds. The zero-order valence-corrected chi connectivity index (χ0v) is 14.1. The molecule has 2 saturated heterocycles. The fraction of sp³-hybridized carbons (Fsp3) is 0.647. The molecular weight excluding hydrogens is 312 g/mol. The van der Waals surface area contributed by atoms with Crippen molar-refractivity contribution in [3.8, 4) is 0 Å². The van der Waals surface area contributed by atoms with Gasteiger partial charge in [0.1, 0.15) is 0 Å². The van der Waals surface area contributed by atoms with Gasteiger partial charge in [-0.25, -0.2) is 0 Å². The summed E-state index contributed by atoms with van der Waals surface area (Å²) in [5, 5.41) is 3.62. The first-order chi connectivity index (χ1) is 9.62. The minimum atomic E-state index is 0.472. The lowest BCUT2D eigenvalue weighted by Gasteiger charge is -2.43. The molecule has 1 N–H and O–H groups in total. The van der Waals surface area contributed by atoms with Gasteiger partial charge >= 0.3 is 0 Å². The van der Waals surface area contributed by atoms with E-state index in [2.05, 4.69) is 64.3 Å². The zero-order valence-electron chi connectivity index (χ0n) is 12.5. The molecule has 2 aliphatic heterocycles. The summed E-state index contributed by atoms with van der Waals surface area (Å²) in [4.78, 5) is 2.66. The van der Waals surface area contributed by atoms with Crippen LogP contribution in [0.25, 0.3) is 0 Å². The quantitative estimate of drug-likeness (QED) is 0.887. The van der Waals surface area contributed by atoms with Crippen molar-refractivity contribution >= 4 is 15.9 Å². The van der Waals surface area contributed by atoms with Gasteiger partial charge in [-0.2, -0.15) is 0 Å². The normalized spacial score (nSPS) is 31.3. The monoisotopic (exact) mass is 336 g/mol. The Kier molecular flexibility index (Phi) is 4.21. The van der Waals surface area contributed by atoms with Crippen molar-refractivity contribution in [3.63, 3.8) is 0 Å². The molecule has 2 fully saturated rings. The fourth-order valence-electron chi connectivity index (χ4n) is 4.03. The van der Waals surface area contributed by atoms with E-state index in [1.165, 1.54) is 42.5 Å². The van der Waals surface area contributed by atoms with Crippen molar-refractivity contribution in [2.45, 2.75) is 38.6 Å². The summed E-state index contributed by atoms with van der Waals surface area (Å²) < 4.78 is 1.27. The van der Waals surface area contributed by atoms with Crippen LogP contribution in [-0.4, -0.2) is 37.1 Å². The van der Waals surface area contributed by atoms with Gasteiger partial charge in [0.05, 0.1) is 0 Å². The van der Waals surface area contributed by atoms with E-state index in [1.807, 2.05) is 0 Å². The van der Waals surface area contributed by atoms with Gasteiger partial charge in [0.25, 0.3) is 0 Å². The van der Waals surface area contributed by atoms with Crippen molar-refractivity contribution < 1.29 is 0 Å². The number of benzene rings is 1. The number of likely N-dealkylation sites (tertiary alicyclic amines) is 1. The third-order valence-electron chi connectivity index (χ3n) is 5.31. The van der Waals surface area contributed by atoms with Crippen molar-refractivity contribution in [1.29, 1.82) is 0 Å². The van der Waals surface area contributed by atoms with Crippen LogP contribution in [0.1, 0.15) is 38.2 Å². The van der Waals surface area contributed by atoms with E-state index in [4.69, 9.17) is 0 Å². The summed E-state index contributed by atoms with van der Waals surface area (Å²) >= 11 is 3.76. The SMILES string of the molecule is CC(C)N1CCC2(CCNCC2c2ccccc2Br)C1. The number of hydrogen-bond donors (Lipinski definition) is 1. The molecule has 3 heteroatoms. The second-order valence-electron chi connectivity index (χ2n) is 6.70. The average molecular weight is 337 g/mol. The molecule has 0 bridgehead atoms. The highest BCUT2D eigenvalue weighted by atomic mass is 79.9. The van der Waals surface area contributed by atoms with Gasteiger partial charge in [-0.05, 0) is 56.8 Å². The van der Waals surface area contributed by atoms with E-state index in [0.29, 0.717) is 17.4 Å². The molecule has 2 unspecified atom stereocenters. The Morgan fingerprint density at radius 1 is 1.30 bits per heavy atom. The Morgan fingerprint density at radius 3 is 2.80 bits per heavy atom. The molecular formula is C17H25BrN2. The van der Waals surface area contributed by atoms with Crippen LogP contribution >= 0.6 is 15.9 Å². The number of nitrogens with one attached hydrogen (secondary N) is 1.